The number of unbranched alkanes of at least 4 members (excludes halogenated alkanes) is 1. The van der Waals surface area contributed by atoms with Crippen molar-refractivity contribution >= 4 is 18.4 Å². The second kappa shape index (κ2) is 9.58. The Kier molecular flexibility index (Phi) is 8.91. The minimum absolute atomic E-state index is 0. The summed E-state index contributed by atoms with van der Waals surface area (Å²) in [4.78, 5) is 15.7. The highest BCUT2D eigenvalue weighted by molar-refractivity contribution is 5.90. The molecule has 0 radical (unpaired) electrons. The molecule has 0 bridgehead atoms. The average molecular weight is 289 g/mol. The summed E-state index contributed by atoms with van der Waals surface area (Å²) in [5.74, 6) is 0.0147. The SMILES string of the molecule is CNCCCCOc1ccc(C)nc1C(=O)OC.Cl. The molecule has 1 N–H and O–H groups in total. The summed E-state index contributed by atoms with van der Waals surface area (Å²) >= 11 is 0. The zero-order valence-electron chi connectivity index (χ0n) is 11.6. The highest BCUT2D eigenvalue weighted by Gasteiger charge is 2.15. The molecule has 0 spiro atoms. The van der Waals surface area contributed by atoms with Crippen LogP contribution in [0.15, 0.2) is 12.1 Å². The molecule has 0 fully saturated rings. The van der Waals surface area contributed by atoms with E-state index in [9.17, 15) is 4.79 Å². The number of carbonyl (C=O) groups excluding carboxylic acids is 1. The number of ether oxygens (including phenoxy) is 2. The van der Waals surface area contributed by atoms with Crippen LogP contribution in [-0.2, 0) is 4.74 Å². The number of halogens is 1. The van der Waals surface area contributed by atoms with Crippen molar-refractivity contribution in [2.75, 3.05) is 27.3 Å². The van der Waals surface area contributed by atoms with Gasteiger partial charge in [0.2, 0.25) is 0 Å². The lowest BCUT2D eigenvalue weighted by atomic mass is 10.3. The van der Waals surface area contributed by atoms with Crippen molar-refractivity contribution in [2.24, 2.45) is 0 Å². The average Bonchev–Trinajstić information content (AvgIpc) is 2.39. The molecule has 1 aromatic heterocycles. The van der Waals surface area contributed by atoms with Gasteiger partial charge in [0.25, 0.3) is 0 Å². The fourth-order valence-corrected chi connectivity index (χ4v) is 1.49. The van der Waals surface area contributed by atoms with Gasteiger partial charge in [0.1, 0.15) is 0 Å². The number of hydrogen-bond acceptors (Lipinski definition) is 5. The third kappa shape index (κ3) is 5.89. The van der Waals surface area contributed by atoms with Gasteiger partial charge in [-0.2, -0.15) is 0 Å². The van der Waals surface area contributed by atoms with E-state index >= 15 is 0 Å². The normalized spacial score (nSPS) is 9.63. The molecule has 0 aliphatic carbocycles. The van der Waals surface area contributed by atoms with E-state index in [1.165, 1.54) is 7.11 Å². The van der Waals surface area contributed by atoms with Crippen LogP contribution in [0, 0.1) is 6.92 Å². The largest absolute Gasteiger partial charge is 0.491 e. The number of rotatable bonds is 7. The monoisotopic (exact) mass is 288 g/mol. The summed E-state index contributed by atoms with van der Waals surface area (Å²) < 4.78 is 10.3. The van der Waals surface area contributed by atoms with Crippen LogP contribution >= 0.6 is 12.4 Å². The van der Waals surface area contributed by atoms with E-state index in [4.69, 9.17) is 4.74 Å². The third-order valence-corrected chi connectivity index (χ3v) is 2.45. The second-order valence-electron chi connectivity index (χ2n) is 3.95. The molecule has 1 rings (SSSR count). The molecule has 1 aromatic rings. The lowest BCUT2D eigenvalue weighted by Crippen LogP contribution is -2.11. The number of pyridine rings is 1. The Bertz CT molecular complexity index is 399. The predicted octanol–water partition coefficient (Wildman–Crippen LogP) is 1.98. The molecule has 1 heterocycles. The van der Waals surface area contributed by atoms with Crippen molar-refractivity contribution in [3.8, 4) is 5.75 Å². The van der Waals surface area contributed by atoms with Gasteiger partial charge in [0.15, 0.2) is 11.4 Å². The Labute approximate surface area is 120 Å². The van der Waals surface area contributed by atoms with Gasteiger partial charge in [-0.25, -0.2) is 9.78 Å². The number of hydrogen-bond donors (Lipinski definition) is 1. The van der Waals surface area contributed by atoms with Gasteiger partial charge in [-0.3, -0.25) is 0 Å². The Hall–Kier alpha value is -1.33. The Morgan fingerprint density at radius 3 is 2.74 bits per heavy atom. The van der Waals surface area contributed by atoms with E-state index in [1.54, 1.807) is 6.07 Å². The van der Waals surface area contributed by atoms with Crippen LogP contribution < -0.4 is 10.1 Å². The number of esters is 1. The summed E-state index contributed by atoms with van der Waals surface area (Å²) in [7, 11) is 3.25. The number of methoxy groups -OCH3 is 1. The lowest BCUT2D eigenvalue weighted by molar-refractivity contribution is 0.0588. The summed E-state index contributed by atoms with van der Waals surface area (Å²) in [6.07, 6.45) is 1.96. The van der Waals surface area contributed by atoms with Gasteiger partial charge >= 0.3 is 5.97 Å². The first-order chi connectivity index (χ1) is 8.69. The summed E-state index contributed by atoms with van der Waals surface area (Å²) in [5.41, 5.74) is 1.00. The Balaban J connectivity index is 0.00000324. The Morgan fingerprint density at radius 1 is 1.37 bits per heavy atom. The van der Waals surface area contributed by atoms with Crippen molar-refractivity contribution in [3.05, 3.63) is 23.5 Å². The maximum atomic E-state index is 11.5. The highest BCUT2D eigenvalue weighted by Crippen LogP contribution is 2.18. The minimum atomic E-state index is -0.469. The smallest absolute Gasteiger partial charge is 0.360 e. The van der Waals surface area contributed by atoms with Gasteiger partial charge in [0.05, 0.1) is 13.7 Å². The molecular formula is C13H21ClN2O3. The fourth-order valence-electron chi connectivity index (χ4n) is 1.49. The fraction of sp³-hybridized carbons (Fsp3) is 0.538. The van der Waals surface area contributed by atoms with E-state index in [-0.39, 0.29) is 18.1 Å². The van der Waals surface area contributed by atoms with Crippen LogP contribution in [0.3, 0.4) is 0 Å². The molecule has 0 unspecified atom stereocenters. The van der Waals surface area contributed by atoms with Crippen molar-refractivity contribution in [3.63, 3.8) is 0 Å². The third-order valence-electron chi connectivity index (χ3n) is 2.45. The zero-order valence-corrected chi connectivity index (χ0v) is 12.4. The molecule has 0 aliphatic heterocycles. The Morgan fingerprint density at radius 2 is 2.11 bits per heavy atom. The highest BCUT2D eigenvalue weighted by atomic mass is 35.5. The first-order valence-electron chi connectivity index (χ1n) is 6.02. The zero-order chi connectivity index (χ0) is 13.4. The van der Waals surface area contributed by atoms with Gasteiger partial charge in [0, 0.05) is 5.69 Å². The molecule has 5 nitrogen and oxygen atoms in total. The van der Waals surface area contributed by atoms with Crippen molar-refractivity contribution < 1.29 is 14.3 Å². The van der Waals surface area contributed by atoms with Crippen LogP contribution in [0.25, 0.3) is 0 Å². The van der Waals surface area contributed by atoms with Gasteiger partial charge in [-0.05, 0) is 45.5 Å². The molecule has 108 valence electrons. The standard InChI is InChI=1S/C13H20N2O3.ClH/c1-10-6-7-11(12(15-10)13(16)17-3)18-9-5-4-8-14-2;/h6-7,14H,4-5,8-9H2,1-3H3;1H. The van der Waals surface area contributed by atoms with Gasteiger partial charge in [-0.1, -0.05) is 0 Å². The van der Waals surface area contributed by atoms with E-state index < -0.39 is 5.97 Å². The maximum Gasteiger partial charge on any atom is 0.360 e. The first kappa shape index (κ1) is 17.7. The van der Waals surface area contributed by atoms with E-state index in [2.05, 4.69) is 15.0 Å². The number of nitrogens with one attached hydrogen (secondary N) is 1. The molecule has 0 atom stereocenters. The van der Waals surface area contributed by atoms with E-state index in [1.807, 2.05) is 20.0 Å². The lowest BCUT2D eigenvalue weighted by Gasteiger charge is -2.10. The van der Waals surface area contributed by atoms with Crippen LogP contribution in [0.1, 0.15) is 29.0 Å². The summed E-state index contributed by atoms with van der Waals surface area (Å²) in [5, 5.41) is 3.07. The van der Waals surface area contributed by atoms with Crippen LogP contribution in [-0.4, -0.2) is 38.3 Å². The summed E-state index contributed by atoms with van der Waals surface area (Å²) in [6, 6.07) is 3.57. The number of aryl methyl sites for hydroxylation is 1. The molecule has 6 heteroatoms. The number of aromatic nitrogens is 1. The van der Waals surface area contributed by atoms with Gasteiger partial charge in [-0.15, -0.1) is 12.4 Å². The molecule has 0 amide bonds. The molecule has 0 saturated carbocycles. The van der Waals surface area contributed by atoms with Crippen LogP contribution in [0.5, 0.6) is 5.75 Å². The number of nitrogens with zero attached hydrogens (tertiary/aromatic N) is 1. The van der Waals surface area contributed by atoms with Crippen LogP contribution in [0.2, 0.25) is 0 Å². The van der Waals surface area contributed by atoms with Gasteiger partial charge < -0.3 is 14.8 Å². The quantitative estimate of drug-likeness (QED) is 0.614. The topological polar surface area (TPSA) is 60.5 Å². The van der Waals surface area contributed by atoms with Crippen molar-refractivity contribution in [1.82, 2.24) is 10.3 Å². The molecular weight excluding hydrogens is 268 g/mol. The van der Waals surface area contributed by atoms with Crippen molar-refractivity contribution in [2.45, 2.75) is 19.8 Å². The number of carbonyl (C=O) groups is 1. The maximum absolute atomic E-state index is 11.5. The molecule has 0 aromatic carbocycles. The predicted molar refractivity (Wildman–Crippen MR) is 76.2 cm³/mol. The summed E-state index contributed by atoms with van der Waals surface area (Å²) in [6.45, 7) is 3.35. The van der Waals surface area contributed by atoms with Crippen molar-refractivity contribution in [1.29, 1.82) is 0 Å². The molecule has 19 heavy (non-hydrogen) atoms. The van der Waals surface area contributed by atoms with Crippen LogP contribution in [0.4, 0.5) is 0 Å². The van der Waals surface area contributed by atoms with E-state index in [0.717, 1.165) is 25.1 Å². The molecule has 0 saturated heterocycles. The molecule has 0 aliphatic rings. The minimum Gasteiger partial charge on any atom is -0.491 e. The van der Waals surface area contributed by atoms with E-state index in [0.29, 0.717) is 12.4 Å². The first-order valence-corrected chi connectivity index (χ1v) is 6.02. The second-order valence-corrected chi connectivity index (χ2v) is 3.95.